The molecular formula is C36H34N4O6. The summed E-state index contributed by atoms with van der Waals surface area (Å²) in [5, 5.41) is 8.52. The van der Waals surface area contributed by atoms with Gasteiger partial charge in [0.25, 0.3) is 0 Å². The van der Waals surface area contributed by atoms with Gasteiger partial charge in [-0.1, -0.05) is 38.1 Å². The first kappa shape index (κ1) is 32.6. The van der Waals surface area contributed by atoms with Crippen LogP contribution in [0.15, 0.2) is 115 Å². The Kier molecular flexibility index (Phi) is 9.93. The van der Waals surface area contributed by atoms with E-state index in [9.17, 15) is 14.4 Å². The van der Waals surface area contributed by atoms with Crippen molar-refractivity contribution < 1.29 is 29.0 Å². The number of nitrogens with two attached hydrogens (primary N) is 4. The average molecular weight is 619 g/mol. The summed E-state index contributed by atoms with van der Waals surface area (Å²) in [5.74, 6) is -1.00. The van der Waals surface area contributed by atoms with E-state index in [1.54, 1.807) is 72.8 Å². The zero-order valence-electron chi connectivity index (χ0n) is 25.3. The van der Waals surface area contributed by atoms with E-state index < -0.39 is 17.9 Å². The minimum absolute atomic E-state index is 0.113. The van der Waals surface area contributed by atoms with Crippen molar-refractivity contribution in [2.75, 3.05) is 22.9 Å². The van der Waals surface area contributed by atoms with E-state index in [0.717, 1.165) is 11.1 Å². The molecule has 0 saturated carbocycles. The molecule has 5 aromatic rings. The highest BCUT2D eigenvalue weighted by atomic mass is 16.5. The molecule has 0 heterocycles. The first-order valence-corrected chi connectivity index (χ1v) is 14.1. The molecule has 0 atom stereocenters. The van der Waals surface area contributed by atoms with Crippen molar-refractivity contribution in [3.05, 3.63) is 143 Å². The number of nitrogen functional groups attached to an aromatic ring is 4. The molecule has 0 amide bonds. The van der Waals surface area contributed by atoms with Crippen LogP contribution in [0.2, 0.25) is 0 Å². The molecule has 0 aliphatic heterocycles. The number of carboxylic acids is 1. The summed E-state index contributed by atoms with van der Waals surface area (Å²) in [6.07, 6.45) is 0. The van der Waals surface area contributed by atoms with Gasteiger partial charge in [-0.05, 0) is 102 Å². The minimum atomic E-state index is -1.02. The summed E-state index contributed by atoms with van der Waals surface area (Å²) in [6, 6.07) is 32.2. The van der Waals surface area contributed by atoms with Crippen molar-refractivity contribution in [2.45, 2.75) is 19.3 Å². The fourth-order valence-electron chi connectivity index (χ4n) is 4.42. The van der Waals surface area contributed by atoms with Gasteiger partial charge in [0.05, 0.1) is 16.7 Å². The maximum Gasteiger partial charge on any atom is 0.343 e. The largest absolute Gasteiger partial charge is 0.478 e. The second-order valence-corrected chi connectivity index (χ2v) is 10.9. The molecule has 9 N–H and O–H groups in total. The van der Waals surface area contributed by atoms with Gasteiger partial charge in [-0.2, -0.15) is 0 Å². The van der Waals surface area contributed by atoms with Gasteiger partial charge in [0.1, 0.15) is 11.5 Å². The van der Waals surface area contributed by atoms with E-state index in [2.05, 4.69) is 13.8 Å². The first-order chi connectivity index (χ1) is 21.8. The quantitative estimate of drug-likeness (QED) is 0.0800. The Morgan fingerprint density at radius 3 is 1.17 bits per heavy atom. The number of anilines is 4. The van der Waals surface area contributed by atoms with Crippen molar-refractivity contribution in [2.24, 2.45) is 0 Å². The molecule has 46 heavy (non-hydrogen) atoms. The molecule has 0 bridgehead atoms. The predicted octanol–water partition coefficient (Wildman–Crippen LogP) is 6.16. The second kappa shape index (κ2) is 14.0. The summed E-state index contributed by atoms with van der Waals surface area (Å²) in [6.45, 7) is 4.19. The summed E-state index contributed by atoms with van der Waals surface area (Å²) in [5.41, 5.74) is 26.7. The number of carboxylic acid groups (broad SMARTS) is 1. The van der Waals surface area contributed by atoms with Crippen LogP contribution >= 0.6 is 0 Å². The van der Waals surface area contributed by atoms with Crippen LogP contribution in [-0.2, 0) is 5.41 Å². The topological polar surface area (TPSA) is 194 Å². The average Bonchev–Trinajstić information content (AvgIpc) is 3.02. The molecule has 0 unspecified atom stereocenters. The maximum absolute atomic E-state index is 12.3. The summed E-state index contributed by atoms with van der Waals surface area (Å²) in [4.78, 5) is 35.1. The van der Waals surface area contributed by atoms with Crippen LogP contribution in [0.4, 0.5) is 22.7 Å². The van der Waals surface area contributed by atoms with Crippen LogP contribution in [0.5, 0.6) is 11.5 Å². The molecule has 0 fully saturated rings. The van der Waals surface area contributed by atoms with E-state index >= 15 is 0 Å². The van der Waals surface area contributed by atoms with E-state index in [4.69, 9.17) is 37.5 Å². The van der Waals surface area contributed by atoms with Crippen molar-refractivity contribution in [1.29, 1.82) is 0 Å². The fourth-order valence-corrected chi connectivity index (χ4v) is 4.42. The molecule has 234 valence electrons. The summed E-state index contributed by atoms with van der Waals surface area (Å²) >= 11 is 0. The zero-order chi connectivity index (χ0) is 33.4. The Morgan fingerprint density at radius 1 is 0.500 bits per heavy atom. The predicted molar refractivity (Wildman–Crippen MR) is 179 cm³/mol. The Labute approximate surface area is 266 Å². The van der Waals surface area contributed by atoms with Gasteiger partial charge in [-0.15, -0.1) is 0 Å². The molecule has 0 aromatic heterocycles. The lowest BCUT2D eigenvalue weighted by Gasteiger charge is -2.26. The Morgan fingerprint density at radius 2 is 0.848 bits per heavy atom. The van der Waals surface area contributed by atoms with Gasteiger partial charge in [0.15, 0.2) is 0 Å². The molecule has 5 aromatic carbocycles. The molecule has 0 aliphatic carbocycles. The Hall–Kier alpha value is -6.29. The third kappa shape index (κ3) is 8.42. The molecular weight excluding hydrogens is 584 g/mol. The Balaban J connectivity index is 0.000000369. The number of hydrogen-bond donors (Lipinski definition) is 5. The van der Waals surface area contributed by atoms with Gasteiger partial charge in [0, 0.05) is 28.2 Å². The smallest absolute Gasteiger partial charge is 0.343 e. The summed E-state index contributed by atoms with van der Waals surface area (Å²) in [7, 11) is 0. The van der Waals surface area contributed by atoms with Crippen molar-refractivity contribution in [3.63, 3.8) is 0 Å². The third-order valence-electron chi connectivity index (χ3n) is 7.09. The normalized spacial score (nSPS) is 10.7. The van der Waals surface area contributed by atoms with E-state index in [1.807, 2.05) is 24.3 Å². The van der Waals surface area contributed by atoms with Gasteiger partial charge < -0.3 is 37.5 Å². The first-order valence-electron chi connectivity index (χ1n) is 14.1. The zero-order valence-corrected chi connectivity index (χ0v) is 25.3. The number of aromatic carboxylic acids is 1. The standard InChI is InChI=1S/C29H26N2O4.C7H8N2O2/c1-29(2,21-7-15-25(16-8-21)34-27(32)19-3-11-23(30)12-4-19)22-9-17-26(18-10-22)35-28(33)20-5-13-24(31)14-6-20;8-5-1-4(7(10)11)2-6(9)3-5/h3-18H,30-31H2,1-2H3;1-3H,8-9H2,(H,10,11). The van der Waals surface area contributed by atoms with E-state index in [-0.39, 0.29) is 11.0 Å². The number of benzene rings is 5. The third-order valence-corrected chi connectivity index (χ3v) is 7.09. The van der Waals surface area contributed by atoms with Crippen molar-refractivity contribution in [1.82, 2.24) is 0 Å². The van der Waals surface area contributed by atoms with Crippen molar-refractivity contribution in [3.8, 4) is 11.5 Å². The number of rotatable bonds is 7. The number of ether oxygens (including phenoxy) is 2. The van der Waals surface area contributed by atoms with E-state index in [1.165, 1.54) is 18.2 Å². The molecule has 0 radical (unpaired) electrons. The van der Waals surface area contributed by atoms with Crippen LogP contribution < -0.4 is 32.4 Å². The number of esters is 2. The van der Waals surface area contributed by atoms with Crippen LogP contribution in [-0.4, -0.2) is 23.0 Å². The monoisotopic (exact) mass is 618 g/mol. The molecule has 10 nitrogen and oxygen atoms in total. The lowest BCUT2D eigenvalue weighted by atomic mass is 9.78. The highest BCUT2D eigenvalue weighted by Gasteiger charge is 2.23. The summed E-state index contributed by atoms with van der Waals surface area (Å²) < 4.78 is 10.9. The number of hydrogen-bond acceptors (Lipinski definition) is 9. The number of carbonyl (C=O) groups is 3. The minimum Gasteiger partial charge on any atom is -0.478 e. The lowest BCUT2D eigenvalue weighted by Crippen LogP contribution is -2.19. The molecule has 5 rings (SSSR count). The molecule has 0 saturated heterocycles. The Bertz CT molecular complexity index is 1710. The SMILES string of the molecule is CC(C)(c1ccc(OC(=O)c2ccc(N)cc2)cc1)c1ccc(OC(=O)c2ccc(N)cc2)cc1.Nc1cc(N)cc(C(=O)O)c1. The van der Waals surface area contributed by atoms with E-state index in [0.29, 0.717) is 45.4 Å². The van der Waals surface area contributed by atoms with Gasteiger partial charge >= 0.3 is 17.9 Å². The van der Waals surface area contributed by atoms with Crippen LogP contribution in [0.25, 0.3) is 0 Å². The molecule has 0 spiro atoms. The maximum atomic E-state index is 12.3. The second-order valence-electron chi connectivity index (χ2n) is 10.9. The van der Waals surface area contributed by atoms with Gasteiger partial charge in [-0.3, -0.25) is 0 Å². The lowest BCUT2D eigenvalue weighted by molar-refractivity contribution is 0.0693. The van der Waals surface area contributed by atoms with Gasteiger partial charge in [-0.25, -0.2) is 14.4 Å². The molecule has 0 aliphatic rings. The number of carbonyl (C=O) groups excluding carboxylic acids is 2. The van der Waals surface area contributed by atoms with Crippen LogP contribution in [0, 0.1) is 0 Å². The highest BCUT2D eigenvalue weighted by Crippen LogP contribution is 2.33. The van der Waals surface area contributed by atoms with Crippen LogP contribution in [0.1, 0.15) is 56.0 Å². The van der Waals surface area contributed by atoms with Crippen molar-refractivity contribution >= 4 is 40.7 Å². The highest BCUT2D eigenvalue weighted by molar-refractivity contribution is 5.92. The molecule has 10 heteroatoms. The van der Waals surface area contributed by atoms with Gasteiger partial charge in [0.2, 0.25) is 0 Å². The fraction of sp³-hybridized carbons (Fsp3) is 0.0833. The van der Waals surface area contributed by atoms with Crippen LogP contribution in [0.3, 0.4) is 0 Å².